The first-order valence-corrected chi connectivity index (χ1v) is 5.77. The molecule has 0 aliphatic carbocycles. The number of aliphatic imine (C=N–C) groups is 1. The van der Waals surface area contributed by atoms with E-state index in [0.29, 0.717) is 34.2 Å². The van der Waals surface area contributed by atoms with Crippen LogP contribution in [0.4, 0.5) is 5.69 Å². The van der Waals surface area contributed by atoms with Crippen molar-refractivity contribution in [3.8, 4) is 0 Å². The van der Waals surface area contributed by atoms with Crippen LogP contribution in [0.2, 0.25) is 10.0 Å². The molecule has 0 spiro atoms. The molecule has 0 radical (unpaired) electrons. The van der Waals surface area contributed by atoms with Crippen molar-refractivity contribution in [3.63, 3.8) is 0 Å². The highest BCUT2D eigenvalue weighted by atomic mass is 35.5. The second-order valence-corrected chi connectivity index (χ2v) is 4.66. The second-order valence-electron chi connectivity index (χ2n) is 3.84. The van der Waals surface area contributed by atoms with Gasteiger partial charge in [0.15, 0.2) is 5.96 Å². The number of hydrogen-bond acceptors (Lipinski definition) is 1. The zero-order chi connectivity index (χ0) is 12.1. The smallest absolute Gasteiger partial charge is 0.193 e. The molecule has 3 N–H and O–H groups in total. The Morgan fingerprint density at radius 3 is 2.44 bits per heavy atom. The fourth-order valence-corrected chi connectivity index (χ4v) is 1.56. The number of guanidine groups is 1. The summed E-state index contributed by atoms with van der Waals surface area (Å²) in [4.78, 5) is 4.17. The van der Waals surface area contributed by atoms with Gasteiger partial charge in [-0.25, -0.2) is 0 Å². The molecule has 1 aromatic rings. The Morgan fingerprint density at radius 2 is 1.94 bits per heavy atom. The highest BCUT2D eigenvalue weighted by molar-refractivity contribution is 6.39. The van der Waals surface area contributed by atoms with Crippen LogP contribution in [0.1, 0.15) is 13.8 Å². The number of hydrogen-bond donors (Lipinski definition) is 2. The second kappa shape index (κ2) is 5.97. The van der Waals surface area contributed by atoms with Crippen molar-refractivity contribution < 1.29 is 0 Å². The van der Waals surface area contributed by atoms with E-state index in [1.807, 2.05) is 0 Å². The highest BCUT2D eigenvalue weighted by Gasteiger charge is 2.05. The molecule has 1 rings (SSSR count). The van der Waals surface area contributed by atoms with Crippen LogP contribution < -0.4 is 11.1 Å². The summed E-state index contributed by atoms with van der Waals surface area (Å²) in [5.41, 5.74) is 6.31. The van der Waals surface area contributed by atoms with Crippen molar-refractivity contribution in [1.82, 2.24) is 0 Å². The van der Waals surface area contributed by atoms with Gasteiger partial charge in [0.05, 0.1) is 15.7 Å². The normalized spacial score (nSPS) is 11.9. The van der Waals surface area contributed by atoms with E-state index in [-0.39, 0.29) is 0 Å². The summed E-state index contributed by atoms with van der Waals surface area (Å²) in [7, 11) is 0. The first-order chi connectivity index (χ1) is 7.50. The van der Waals surface area contributed by atoms with Gasteiger partial charge in [0.2, 0.25) is 0 Å². The SMILES string of the molecule is CC(C)CN=C(N)Nc1c(Cl)cccc1Cl. The minimum Gasteiger partial charge on any atom is -0.370 e. The van der Waals surface area contributed by atoms with Crippen LogP contribution >= 0.6 is 23.2 Å². The molecule has 1 aromatic carbocycles. The zero-order valence-corrected chi connectivity index (χ0v) is 10.8. The quantitative estimate of drug-likeness (QED) is 0.646. The molecule has 0 atom stereocenters. The maximum absolute atomic E-state index is 5.98. The number of para-hydroxylation sites is 1. The van der Waals surface area contributed by atoms with E-state index in [0.717, 1.165) is 0 Å². The minimum absolute atomic E-state index is 0.323. The fraction of sp³-hybridized carbons (Fsp3) is 0.364. The van der Waals surface area contributed by atoms with Gasteiger partial charge >= 0.3 is 0 Å². The van der Waals surface area contributed by atoms with Crippen molar-refractivity contribution in [1.29, 1.82) is 0 Å². The van der Waals surface area contributed by atoms with Crippen molar-refractivity contribution >= 4 is 34.8 Å². The minimum atomic E-state index is 0.323. The Morgan fingerprint density at radius 1 is 1.38 bits per heavy atom. The molecule has 0 heterocycles. The van der Waals surface area contributed by atoms with Crippen LogP contribution in [0.3, 0.4) is 0 Å². The van der Waals surface area contributed by atoms with E-state index in [2.05, 4.69) is 24.2 Å². The van der Waals surface area contributed by atoms with Crippen LogP contribution in [0, 0.1) is 5.92 Å². The summed E-state index contributed by atoms with van der Waals surface area (Å²) < 4.78 is 0. The Bertz CT molecular complexity index is 369. The third-order valence-electron chi connectivity index (χ3n) is 1.84. The van der Waals surface area contributed by atoms with Crippen LogP contribution in [0.25, 0.3) is 0 Å². The third-order valence-corrected chi connectivity index (χ3v) is 2.47. The van der Waals surface area contributed by atoms with Gasteiger partial charge in [0.1, 0.15) is 0 Å². The number of rotatable bonds is 3. The van der Waals surface area contributed by atoms with Crippen LogP contribution in [-0.2, 0) is 0 Å². The number of halogens is 2. The van der Waals surface area contributed by atoms with Crippen LogP contribution in [0.5, 0.6) is 0 Å². The molecular weight excluding hydrogens is 245 g/mol. The molecule has 0 saturated heterocycles. The van der Waals surface area contributed by atoms with Gasteiger partial charge in [-0.1, -0.05) is 43.1 Å². The van der Waals surface area contributed by atoms with E-state index < -0.39 is 0 Å². The molecule has 0 unspecified atom stereocenters. The molecular formula is C11H15Cl2N3. The third kappa shape index (κ3) is 3.91. The van der Waals surface area contributed by atoms with E-state index in [1.54, 1.807) is 18.2 Å². The molecule has 0 aliphatic heterocycles. The number of nitrogens with two attached hydrogens (primary N) is 1. The molecule has 5 heteroatoms. The van der Waals surface area contributed by atoms with Crippen LogP contribution in [0.15, 0.2) is 23.2 Å². The number of nitrogens with zero attached hydrogens (tertiary/aromatic N) is 1. The Labute approximate surface area is 106 Å². The Balaban J connectivity index is 2.76. The van der Waals surface area contributed by atoms with Gasteiger partial charge in [0, 0.05) is 6.54 Å². The standard InChI is InChI=1S/C11H15Cl2N3/c1-7(2)6-15-11(14)16-10-8(12)4-3-5-9(10)13/h3-5,7H,6H2,1-2H3,(H3,14,15,16). The Kier molecular flexibility index (Phi) is 4.90. The average molecular weight is 260 g/mol. The van der Waals surface area contributed by atoms with Gasteiger partial charge in [-0.15, -0.1) is 0 Å². The average Bonchev–Trinajstić information content (AvgIpc) is 2.21. The lowest BCUT2D eigenvalue weighted by Crippen LogP contribution is -2.23. The van der Waals surface area contributed by atoms with E-state index in [9.17, 15) is 0 Å². The lowest BCUT2D eigenvalue weighted by molar-refractivity contribution is 0.665. The summed E-state index contributed by atoms with van der Waals surface area (Å²) in [5.74, 6) is 0.783. The fourth-order valence-electron chi connectivity index (χ4n) is 1.07. The molecule has 0 saturated carbocycles. The van der Waals surface area contributed by atoms with Crippen molar-refractivity contribution in [2.45, 2.75) is 13.8 Å². The lowest BCUT2D eigenvalue weighted by Gasteiger charge is -2.09. The molecule has 0 fully saturated rings. The zero-order valence-electron chi connectivity index (χ0n) is 9.30. The highest BCUT2D eigenvalue weighted by Crippen LogP contribution is 2.29. The Hall–Kier alpha value is -0.930. The van der Waals surface area contributed by atoms with E-state index >= 15 is 0 Å². The van der Waals surface area contributed by atoms with E-state index in [4.69, 9.17) is 28.9 Å². The van der Waals surface area contributed by atoms with Gasteiger partial charge in [0.25, 0.3) is 0 Å². The van der Waals surface area contributed by atoms with Crippen molar-refractivity contribution in [2.75, 3.05) is 11.9 Å². The maximum Gasteiger partial charge on any atom is 0.193 e. The number of anilines is 1. The summed E-state index contributed by atoms with van der Waals surface area (Å²) in [6.07, 6.45) is 0. The summed E-state index contributed by atoms with van der Waals surface area (Å²) in [6, 6.07) is 5.26. The van der Waals surface area contributed by atoms with Crippen LogP contribution in [-0.4, -0.2) is 12.5 Å². The predicted octanol–water partition coefficient (Wildman–Crippen LogP) is 3.38. The molecule has 0 amide bonds. The topological polar surface area (TPSA) is 50.4 Å². The van der Waals surface area contributed by atoms with Gasteiger partial charge in [-0.05, 0) is 18.1 Å². The van der Waals surface area contributed by atoms with E-state index in [1.165, 1.54) is 0 Å². The monoisotopic (exact) mass is 259 g/mol. The number of nitrogens with one attached hydrogen (secondary N) is 1. The predicted molar refractivity (Wildman–Crippen MR) is 71.4 cm³/mol. The number of benzene rings is 1. The summed E-state index contributed by atoms with van der Waals surface area (Å²) in [5, 5.41) is 3.94. The van der Waals surface area contributed by atoms with Gasteiger partial charge < -0.3 is 11.1 Å². The van der Waals surface area contributed by atoms with Gasteiger partial charge in [-0.3, -0.25) is 4.99 Å². The summed E-state index contributed by atoms with van der Waals surface area (Å²) in [6.45, 7) is 4.80. The lowest BCUT2D eigenvalue weighted by atomic mass is 10.2. The largest absolute Gasteiger partial charge is 0.370 e. The summed E-state index contributed by atoms with van der Waals surface area (Å²) >= 11 is 12.0. The van der Waals surface area contributed by atoms with Gasteiger partial charge in [-0.2, -0.15) is 0 Å². The first kappa shape index (κ1) is 13.1. The molecule has 88 valence electrons. The molecule has 0 aromatic heterocycles. The maximum atomic E-state index is 5.98. The van der Waals surface area contributed by atoms with Crippen molar-refractivity contribution in [2.24, 2.45) is 16.6 Å². The first-order valence-electron chi connectivity index (χ1n) is 5.01. The molecule has 3 nitrogen and oxygen atoms in total. The molecule has 0 aliphatic rings. The van der Waals surface area contributed by atoms with Crippen molar-refractivity contribution in [3.05, 3.63) is 28.2 Å². The molecule has 16 heavy (non-hydrogen) atoms. The molecule has 0 bridgehead atoms.